The zero-order chi connectivity index (χ0) is 13.1. The molecule has 0 N–H and O–H groups in total. The predicted molar refractivity (Wildman–Crippen MR) is 75.1 cm³/mol. The highest BCUT2D eigenvalue weighted by molar-refractivity contribution is 7.80. The molecule has 0 aliphatic heterocycles. The summed E-state index contributed by atoms with van der Waals surface area (Å²) < 4.78 is 5.61. The van der Waals surface area contributed by atoms with Gasteiger partial charge < -0.3 is 4.74 Å². The minimum Gasteiger partial charge on any atom is -0.459 e. The molecule has 1 aromatic rings. The van der Waals surface area contributed by atoms with Gasteiger partial charge in [0.15, 0.2) is 0 Å². The van der Waals surface area contributed by atoms with Crippen LogP contribution in [0.25, 0.3) is 0 Å². The average Bonchev–Trinajstić information content (AvgIpc) is 2.27. The smallest absolute Gasteiger partial charge is 0.339 e. The van der Waals surface area contributed by atoms with Gasteiger partial charge in [0.1, 0.15) is 6.10 Å². The highest BCUT2D eigenvalue weighted by Crippen LogP contribution is 2.31. The first kappa shape index (κ1) is 13.5. The monoisotopic (exact) mass is 264 g/mol. The lowest BCUT2D eigenvalue weighted by atomic mass is 9.82. The highest BCUT2D eigenvalue weighted by Gasteiger charge is 2.27. The van der Waals surface area contributed by atoms with Crippen molar-refractivity contribution in [2.45, 2.75) is 44.1 Å². The fraction of sp³-hybridized carbons (Fsp3) is 0.533. The Kier molecular flexibility index (Phi) is 4.33. The molecule has 3 heteroatoms. The maximum atomic E-state index is 12.1. The van der Waals surface area contributed by atoms with Crippen molar-refractivity contribution in [1.82, 2.24) is 0 Å². The topological polar surface area (TPSA) is 26.3 Å². The number of thiol groups is 1. The maximum Gasteiger partial charge on any atom is 0.339 e. The van der Waals surface area contributed by atoms with E-state index in [9.17, 15) is 4.79 Å². The number of carbonyl (C=O) groups is 1. The lowest BCUT2D eigenvalue weighted by Gasteiger charge is -2.31. The molecule has 1 saturated carbocycles. The summed E-state index contributed by atoms with van der Waals surface area (Å²) in [6.07, 6.45) is 3.25. The van der Waals surface area contributed by atoms with Crippen LogP contribution >= 0.6 is 12.6 Å². The van der Waals surface area contributed by atoms with Crippen LogP contribution in [0, 0.1) is 11.8 Å². The second-order valence-electron chi connectivity index (χ2n) is 5.46. The van der Waals surface area contributed by atoms with E-state index in [-0.39, 0.29) is 12.1 Å². The van der Waals surface area contributed by atoms with Gasteiger partial charge in [0.2, 0.25) is 0 Å². The van der Waals surface area contributed by atoms with E-state index >= 15 is 0 Å². The Morgan fingerprint density at radius 1 is 1.17 bits per heavy atom. The summed E-state index contributed by atoms with van der Waals surface area (Å²) in [5, 5.41) is 0. The van der Waals surface area contributed by atoms with Gasteiger partial charge in [-0.3, -0.25) is 0 Å². The fourth-order valence-electron chi connectivity index (χ4n) is 2.83. The normalized spacial score (nSPS) is 27.8. The van der Waals surface area contributed by atoms with Crippen LogP contribution < -0.4 is 0 Å². The van der Waals surface area contributed by atoms with Crippen LogP contribution in [0.4, 0.5) is 0 Å². The molecule has 2 nitrogen and oxygen atoms in total. The summed E-state index contributed by atoms with van der Waals surface area (Å²) in [6.45, 7) is 4.45. The molecule has 0 saturated heterocycles. The molecule has 2 atom stereocenters. The lowest BCUT2D eigenvalue weighted by molar-refractivity contribution is 0.00771. The van der Waals surface area contributed by atoms with Crippen molar-refractivity contribution in [2.24, 2.45) is 11.8 Å². The quantitative estimate of drug-likeness (QED) is 0.646. The van der Waals surface area contributed by atoms with Gasteiger partial charge in [-0.15, -0.1) is 12.6 Å². The Hall–Kier alpha value is -0.960. The number of benzene rings is 1. The number of carbonyl (C=O) groups excluding carboxylic acids is 1. The van der Waals surface area contributed by atoms with Crippen LogP contribution in [0.2, 0.25) is 0 Å². The number of esters is 1. The van der Waals surface area contributed by atoms with Crippen LogP contribution in [0.15, 0.2) is 29.2 Å². The Morgan fingerprint density at radius 2 is 1.78 bits per heavy atom. The van der Waals surface area contributed by atoms with E-state index < -0.39 is 0 Å². The molecule has 0 spiro atoms. The van der Waals surface area contributed by atoms with Gasteiger partial charge in [0, 0.05) is 4.90 Å². The van der Waals surface area contributed by atoms with Gasteiger partial charge in [-0.05, 0) is 43.2 Å². The van der Waals surface area contributed by atoms with E-state index in [1.165, 1.54) is 6.42 Å². The second kappa shape index (κ2) is 5.79. The van der Waals surface area contributed by atoms with E-state index in [4.69, 9.17) is 4.74 Å². The SMILES string of the molecule is CC1CC(C)CC(OC(=O)c2ccccc2S)C1. The van der Waals surface area contributed by atoms with Gasteiger partial charge in [-0.25, -0.2) is 4.79 Å². The van der Waals surface area contributed by atoms with Crippen molar-refractivity contribution in [3.8, 4) is 0 Å². The van der Waals surface area contributed by atoms with Gasteiger partial charge in [0.05, 0.1) is 5.56 Å². The Bertz CT molecular complexity index is 420. The minimum atomic E-state index is -0.244. The summed E-state index contributed by atoms with van der Waals surface area (Å²) in [5.41, 5.74) is 0.562. The number of hydrogen-bond acceptors (Lipinski definition) is 3. The molecule has 2 rings (SSSR count). The van der Waals surface area contributed by atoms with Crippen molar-refractivity contribution in [3.63, 3.8) is 0 Å². The summed E-state index contributed by atoms with van der Waals surface area (Å²) >= 11 is 4.29. The van der Waals surface area contributed by atoms with Gasteiger partial charge in [-0.2, -0.15) is 0 Å². The van der Waals surface area contributed by atoms with Crippen molar-refractivity contribution < 1.29 is 9.53 Å². The van der Waals surface area contributed by atoms with Crippen LogP contribution in [0.1, 0.15) is 43.5 Å². The minimum absolute atomic E-state index is 0.0594. The number of rotatable bonds is 2. The van der Waals surface area contributed by atoms with Crippen molar-refractivity contribution >= 4 is 18.6 Å². The molecule has 1 fully saturated rings. The molecule has 98 valence electrons. The molecule has 18 heavy (non-hydrogen) atoms. The molecular weight excluding hydrogens is 244 g/mol. The van der Waals surface area contributed by atoms with Crippen LogP contribution in [-0.2, 0) is 4.74 Å². The maximum absolute atomic E-state index is 12.1. The summed E-state index contributed by atoms with van der Waals surface area (Å²) in [4.78, 5) is 12.8. The van der Waals surface area contributed by atoms with Gasteiger partial charge in [0.25, 0.3) is 0 Å². The largest absolute Gasteiger partial charge is 0.459 e. The molecule has 2 unspecified atom stereocenters. The zero-order valence-corrected chi connectivity index (χ0v) is 11.8. The Morgan fingerprint density at radius 3 is 2.39 bits per heavy atom. The predicted octanol–water partition coefficient (Wildman–Crippen LogP) is 3.96. The third kappa shape index (κ3) is 3.29. The van der Waals surface area contributed by atoms with Gasteiger partial charge >= 0.3 is 5.97 Å². The highest BCUT2D eigenvalue weighted by atomic mass is 32.1. The van der Waals surface area contributed by atoms with Crippen molar-refractivity contribution in [1.29, 1.82) is 0 Å². The molecule has 0 aromatic heterocycles. The van der Waals surface area contributed by atoms with Crippen molar-refractivity contribution in [2.75, 3.05) is 0 Å². The first-order valence-corrected chi connectivity index (χ1v) is 7.00. The van der Waals surface area contributed by atoms with E-state index in [0.717, 1.165) is 12.8 Å². The third-order valence-corrected chi connectivity index (χ3v) is 3.92. The average molecular weight is 264 g/mol. The zero-order valence-electron chi connectivity index (χ0n) is 10.9. The number of ether oxygens (including phenoxy) is 1. The summed E-state index contributed by atoms with van der Waals surface area (Å²) in [5.74, 6) is 1.03. The number of hydrogen-bond donors (Lipinski definition) is 1. The molecule has 1 aliphatic carbocycles. The van der Waals surface area contributed by atoms with Crippen LogP contribution in [-0.4, -0.2) is 12.1 Å². The summed E-state index contributed by atoms with van der Waals surface area (Å²) in [7, 11) is 0. The Labute approximate surface area is 114 Å². The van der Waals surface area contributed by atoms with E-state index in [0.29, 0.717) is 22.3 Å². The fourth-order valence-corrected chi connectivity index (χ4v) is 3.08. The van der Waals surface area contributed by atoms with Crippen LogP contribution in [0.3, 0.4) is 0 Å². The Balaban J connectivity index is 2.01. The molecule has 0 amide bonds. The third-order valence-electron chi connectivity index (χ3n) is 3.53. The first-order valence-electron chi connectivity index (χ1n) is 6.55. The van der Waals surface area contributed by atoms with E-state index in [1.54, 1.807) is 6.07 Å². The van der Waals surface area contributed by atoms with Gasteiger partial charge in [-0.1, -0.05) is 26.0 Å². The van der Waals surface area contributed by atoms with E-state index in [2.05, 4.69) is 26.5 Å². The first-order chi connectivity index (χ1) is 8.56. The molecule has 1 aromatic carbocycles. The van der Waals surface area contributed by atoms with Crippen LogP contribution in [0.5, 0.6) is 0 Å². The summed E-state index contributed by atoms with van der Waals surface area (Å²) in [6, 6.07) is 7.28. The second-order valence-corrected chi connectivity index (χ2v) is 5.94. The lowest BCUT2D eigenvalue weighted by Crippen LogP contribution is -2.28. The van der Waals surface area contributed by atoms with E-state index in [1.807, 2.05) is 18.2 Å². The molecule has 0 radical (unpaired) electrons. The van der Waals surface area contributed by atoms with Crippen molar-refractivity contribution in [3.05, 3.63) is 29.8 Å². The molecule has 0 bridgehead atoms. The molecule has 0 heterocycles. The molecular formula is C15H20O2S. The standard InChI is InChI=1S/C15H20O2S/c1-10-7-11(2)9-12(8-10)17-15(16)13-5-3-4-6-14(13)18/h3-6,10-12,18H,7-9H2,1-2H3. The molecule has 1 aliphatic rings.